The Morgan fingerprint density at radius 3 is 2.75 bits per heavy atom. The van der Waals surface area contributed by atoms with Crippen LogP contribution < -0.4 is 5.32 Å². The van der Waals surface area contributed by atoms with E-state index < -0.39 is 0 Å². The Balaban J connectivity index is 1.73. The number of hydrogen-bond acceptors (Lipinski definition) is 3. The quantitative estimate of drug-likeness (QED) is 0.832. The Bertz CT molecular complexity index is 382. The number of hydrogen-bond donors (Lipinski definition) is 1. The van der Waals surface area contributed by atoms with Gasteiger partial charge >= 0.3 is 0 Å². The highest BCUT2D eigenvalue weighted by Gasteiger charge is 2.18. The first-order chi connectivity index (χ1) is 9.70. The fourth-order valence-corrected chi connectivity index (χ4v) is 3.24. The highest BCUT2D eigenvalue weighted by molar-refractivity contribution is 5.09. The third-order valence-corrected chi connectivity index (χ3v) is 4.59. The van der Waals surface area contributed by atoms with E-state index in [-0.39, 0.29) is 0 Å². The lowest BCUT2D eigenvalue weighted by molar-refractivity contribution is 0.190. The van der Waals surface area contributed by atoms with Crippen LogP contribution in [0.1, 0.15) is 57.1 Å². The minimum Gasteiger partial charge on any atom is -0.309 e. The molecule has 1 heterocycles. The van der Waals surface area contributed by atoms with Gasteiger partial charge in [-0.2, -0.15) is 5.10 Å². The minimum absolute atomic E-state index is 0.434. The summed E-state index contributed by atoms with van der Waals surface area (Å²) in [5.41, 5.74) is 1.30. The molecule has 0 amide bonds. The Labute approximate surface area is 123 Å². The molecule has 1 N–H and O–H groups in total. The molecule has 1 saturated carbocycles. The molecule has 1 fully saturated rings. The van der Waals surface area contributed by atoms with Gasteiger partial charge in [-0.25, -0.2) is 0 Å². The molecule has 0 radical (unpaired) electrons. The third-order valence-electron chi connectivity index (χ3n) is 4.59. The maximum absolute atomic E-state index is 4.27. The van der Waals surface area contributed by atoms with Gasteiger partial charge in [0.25, 0.3) is 0 Å². The smallest absolute Gasteiger partial charge is 0.0537 e. The van der Waals surface area contributed by atoms with Gasteiger partial charge < -0.3 is 10.2 Å². The first-order valence-corrected chi connectivity index (χ1v) is 8.13. The molecular formula is C16H30N4. The van der Waals surface area contributed by atoms with Crippen molar-refractivity contribution in [2.75, 3.05) is 20.1 Å². The molecule has 114 valence electrons. The highest BCUT2D eigenvalue weighted by Crippen LogP contribution is 2.21. The first-order valence-electron chi connectivity index (χ1n) is 8.13. The number of nitrogens with one attached hydrogen (secondary N) is 1. The molecule has 1 aromatic rings. The molecule has 1 aliphatic rings. The van der Waals surface area contributed by atoms with Crippen LogP contribution in [-0.2, 0) is 7.05 Å². The lowest BCUT2D eigenvalue weighted by Gasteiger charge is -2.31. The molecule has 0 saturated heterocycles. The van der Waals surface area contributed by atoms with Crippen LogP contribution in [0.25, 0.3) is 0 Å². The van der Waals surface area contributed by atoms with Crippen LogP contribution in [0.3, 0.4) is 0 Å². The number of rotatable bonds is 7. The maximum Gasteiger partial charge on any atom is 0.0537 e. The Hall–Kier alpha value is -0.870. The summed E-state index contributed by atoms with van der Waals surface area (Å²) in [5, 5.41) is 7.94. The van der Waals surface area contributed by atoms with Gasteiger partial charge in [-0.1, -0.05) is 26.2 Å². The number of nitrogens with zero attached hydrogens (tertiary/aromatic N) is 3. The second-order valence-corrected chi connectivity index (χ2v) is 6.13. The summed E-state index contributed by atoms with van der Waals surface area (Å²) in [6.45, 7) is 4.43. The summed E-state index contributed by atoms with van der Waals surface area (Å²) < 4.78 is 1.88. The van der Waals surface area contributed by atoms with Gasteiger partial charge in [-0.3, -0.25) is 4.68 Å². The van der Waals surface area contributed by atoms with Gasteiger partial charge in [-0.05, 0) is 26.3 Å². The summed E-state index contributed by atoms with van der Waals surface area (Å²) in [4.78, 5) is 2.54. The Morgan fingerprint density at radius 1 is 1.40 bits per heavy atom. The van der Waals surface area contributed by atoms with Crippen LogP contribution in [-0.4, -0.2) is 40.9 Å². The van der Waals surface area contributed by atoms with Crippen LogP contribution in [0.2, 0.25) is 0 Å². The fraction of sp³-hybridized carbons (Fsp3) is 0.812. The average molecular weight is 278 g/mol. The number of aryl methyl sites for hydroxylation is 1. The van der Waals surface area contributed by atoms with Crippen LogP contribution >= 0.6 is 0 Å². The predicted molar refractivity (Wildman–Crippen MR) is 83.7 cm³/mol. The van der Waals surface area contributed by atoms with E-state index in [4.69, 9.17) is 0 Å². The summed E-state index contributed by atoms with van der Waals surface area (Å²) in [5.74, 6) is 0. The van der Waals surface area contributed by atoms with E-state index in [1.165, 1.54) is 37.7 Å². The molecule has 1 atom stereocenters. The molecule has 0 unspecified atom stereocenters. The van der Waals surface area contributed by atoms with E-state index in [9.17, 15) is 0 Å². The molecule has 4 heteroatoms. The van der Waals surface area contributed by atoms with Crippen LogP contribution in [0, 0.1) is 0 Å². The average Bonchev–Trinajstić information content (AvgIpc) is 2.90. The largest absolute Gasteiger partial charge is 0.309 e. The fourth-order valence-electron chi connectivity index (χ4n) is 3.24. The van der Waals surface area contributed by atoms with Crippen LogP contribution in [0.5, 0.6) is 0 Å². The lowest BCUT2D eigenvalue weighted by Crippen LogP contribution is -2.38. The van der Waals surface area contributed by atoms with Gasteiger partial charge in [0.1, 0.15) is 0 Å². The zero-order valence-electron chi connectivity index (χ0n) is 13.3. The van der Waals surface area contributed by atoms with E-state index >= 15 is 0 Å². The number of likely N-dealkylation sites (N-methyl/N-ethyl adjacent to an activating group) is 1. The zero-order valence-corrected chi connectivity index (χ0v) is 13.3. The lowest BCUT2D eigenvalue weighted by atomic mass is 9.94. The van der Waals surface area contributed by atoms with E-state index in [1.807, 2.05) is 17.9 Å². The molecular weight excluding hydrogens is 248 g/mol. The molecule has 0 bridgehead atoms. The van der Waals surface area contributed by atoms with Crippen molar-refractivity contribution in [1.82, 2.24) is 20.0 Å². The van der Waals surface area contributed by atoms with Crippen molar-refractivity contribution in [3.63, 3.8) is 0 Å². The van der Waals surface area contributed by atoms with Crippen LogP contribution in [0.4, 0.5) is 0 Å². The van der Waals surface area contributed by atoms with Crippen molar-refractivity contribution in [2.24, 2.45) is 7.05 Å². The van der Waals surface area contributed by atoms with Gasteiger partial charge in [0, 0.05) is 44.0 Å². The van der Waals surface area contributed by atoms with Gasteiger partial charge in [0.05, 0.1) is 6.20 Å². The topological polar surface area (TPSA) is 33.1 Å². The van der Waals surface area contributed by atoms with Crippen molar-refractivity contribution in [3.8, 4) is 0 Å². The van der Waals surface area contributed by atoms with Gasteiger partial charge in [0.2, 0.25) is 0 Å². The molecule has 2 rings (SSSR count). The van der Waals surface area contributed by atoms with Gasteiger partial charge in [-0.15, -0.1) is 0 Å². The Morgan fingerprint density at radius 2 is 2.15 bits per heavy atom. The first kappa shape index (κ1) is 15.5. The molecule has 1 aromatic heterocycles. The predicted octanol–water partition coefficient (Wildman–Crippen LogP) is 2.73. The van der Waals surface area contributed by atoms with Crippen LogP contribution in [0.15, 0.2) is 12.4 Å². The molecule has 1 aliphatic carbocycles. The Kier molecular flexibility index (Phi) is 6.05. The van der Waals surface area contributed by atoms with E-state index in [0.717, 1.165) is 25.6 Å². The standard InChI is InChI=1S/C16H30N4/c1-4-16(14-12-18-20(3)13-14)17-10-11-19(2)15-8-6-5-7-9-15/h12-13,15-17H,4-11H2,1-3H3/t16-/m0/s1. The van der Waals surface area contributed by atoms with Crippen molar-refractivity contribution < 1.29 is 0 Å². The van der Waals surface area contributed by atoms with E-state index in [2.05, 4.69) is 35.5 Å². The second-order valence-electron chi connectivity index (χ2n) is 6.13. The second kappa shape index (κ2) is 7.79. The zero-order chi connectivity index (χ0) is 14.4. The van der Waals surface area contributed by atoms with Crippen molar-refractivity contribution in [3.05, 3.63) is 18.0 Å². The molecule has 20 heavy (non-hydrogen) atoms. The molecule has 0 spiro atoms. The monoisotopic (exact) mass is 278 g/mol. The SMILES string of the molecule is CC[C@H](NCCN(C)C1CCCCC1)c1cnn(C)c1. The third kappa shape index (κ3) is 4.32. The maximum atomic E-state index is 4.27. The normalized spacial score (nSPS) is 18.6. The molecule has 0 aliphatic heterocycles. The molecule has 0 aromatic carbocycles. The van der Waals surface area contributed by atoms with Crippen molar-refractivity contribution >= 4 is 0 Å². The van der Waals surface area contributed by atoms with Gasteiger partial charge in [0.15, 0.2) is 0 Å². The van der Waals surface area contributed by atoms with Crippen molar-refractivity contribution in [2.45, 2.75) is 57.5 Å². The molecule has 4 nitrogen and oxygen atoms in total. The summed E-state index contributed by atoms with van der Waals surface area (Å²) in [6, 6.07) is 1.24. The van der Waals surface area contributed by atoms with E-state index in [0.29, 0.717) is 6.04 Å². The van der Waals surface area contributed by atoms with Crippen molar-refractivity contribution in [1.29, 1.82) is 0 Å². The summed E-state index contributed by atoms with van der Waals surface area (Å²) >= 11 is 0. The minimum atomic E-state index is 0.434. The summed E-state index contributed by atoms with van der Waals surface area (Å²) in [7, 11) is 4.26. The summed E-state index contributed by atoms with van der Waals surface area (Å²) in [6.07, 6.45) is 12.2. The number of aromatic nitrogens is 2. The van der Waals surface area contributed by atoms with E-state index in [1.54, 1.807) is 0 Å². The highest BCUT2D eigenvalue weighted by atomic mass is 15.2.